The van der Waals surface area contributed by atoms with E-state index in [0.29, 0.717) is 11.4 Å². The van der Waals surface area contributed by atoms with Crippen molar-refractivity contribution in [3.8, 4) is 56.3 Å². The number of aryl methyl sites for hydroxylation is 1. The van der Waals surface area contributed by atoms with Crippen LogP contribution < -0.4 is 0 Å². The van der Waals surface area contributed by atoms with Crippen molar-refractivity contribution in [2.45, 2.75) is 59.3 Å². The first-order valence-electron chi connectivity index (χ1n) is 17.0. The van der Waals surface area contributed by atoms with E-state index in [0.717, 1.165) is 67.4 Å². The van der Waals surface area contributed by atoms with Gasteiger partial charge in [0.05, 0.1) is 22.3 Å². The van der Waals surface area contributed by atoms with Crippen molar-refractivity contribution in [2.75, 3.05) is 0 Å². The van der Waals surface area contributed by atoms with Crippen molar-refractivity contribution in [1.29, 1.82) is 0 Å². The van der Waals surface area contributed by atoms with Crippen molar-refractivity contribution in [2.24, 2.45) is 0 Å². The molecular formula is C45H41FN3OPt-. The number of halogens is 1. The van der Waals surface area contributed by atoms with Gasteiger partial charge in [0.1, 0.15) is 17.4 Å². The third-order valence-corrected chi connectivity index (χ3v) is 9.29. The van der Waals surface area contributed by atoms with E-state index in [1.54, 1.807) is 6.07 Å². The number of pyridine rings is 1. The molecule has 0 unspecified atom stereocenters. The molecule has 0 bridgehead atoms. The summed E-state index contributed by atoms with van der Waals surface area (Å²) in [6, 6.07) is 39.3. The number of hydrogen-bond acceptors (Lipinski definition) is 3. The summed E-state index contributed by atoms with van der Waals surface area (Å²) in [5.41, 5.74) is 11.8. The van der Waals surface area contributed by atoms with Crippen LogP contribution in [0.4, 0.5) is 4.39 Å². The maximum absolute atomic E-state index is 14.4. The molecule has 0 saturated heterocycles. The summed E-state index contributed by atoms with van der Waals surface area (Å²) in [6.07, 6.45) is 1.83. The smallest absolute Gasteiger partial charge is 0.148 e. The van der Waals surface area contributed by atoms with Gasteiger partial charge in [0.2, 0.25) is 0 Å². The Morgan fingerprint density at radius 3 is 2.10 bits per heavy atom. The average Bonchev–Trinajstić information content (AvgIpc) is 3.46. The number of phenolic OH excluding ortho intramolecular Hbond substituents is 1. The number of imidazole rings is 1. The van der Waals surface area contributed by atoms with Crippen LogP contribution in [0.2, 0.25) is 0 Å². The zero-order chi connectivity index (χ0) is 35.4. The Labute approximate surface area is 314 Å². The molecule has 260 valence electrons. The van der Waals surface area contributed by atoms with Gasteiger partial charge in [0.15, 0.2) is 0 Å². The number of nitrogens with zero attached hydrogens (tertiary/aromatic N) is 3. The fourth-order valence-electron chi connectivity index (χ4n) is 6.45. The van der Waals surface area contributed by atoms with Crippen molar-refractivity contribution >= 4 is 11.0 Å². The molecule has 5 aromatic carbocycles. The van der Waals surface area contributed by atoms with Gasteiger partial charge in [0.25, 0.3) is 0 Å². The van der Waals surface area contributed by atoms with Crippen molar-refractivity contribution in [3.63, 3.8) is 0 Å². The van der Waals surface area contributed by atoms with E-state index >= 15 is 0 Å². The molecule has 0 aliphatic rings. The summed E-state index contributed by atoms with van der Waals surface area (Å²) in [7, 11) is 0. The SMILES string of the molecule is Cc1ccnc(-c2[c-]c(-c3cccc4c3nc(-c3ccc(F)cc3O)n4-c3ccc(C(C)(C)C)cc3-c3ccccc3)cc(C(C)(C)C)c2)c1.[Pt]. The number of rotatable bonds is 5. The van der Waals surface area contributed by atoms with Crippen LogP contribution in [0.1, 0.15) is 58.2 Å². The first-order valence-corrected chi connectivity index (χ1v) is 17.0. The van der Waals surface area contributed by atoms with E-state index in [1.807, 2.05) is 36.5 Å². The fourth-order valence-corrected chi connectivity index (χ4v) is 6.45. The van der Waals surface area contributed by atoms with Gasteiger partial charge >= 0.3 is 0 Å². The molecule has 0 atom stereocenters. The van der Waals surface area contributed by atoms with Crippen LogP contribution in [0.25, 0.3) is 61.6 Å². The summed E-state index contributed by atoms with van der Waals surface area (Å²) in [6.45, 7) is 15.3. The van der Waals surface area contributed by atoms with Gasteiger partial charge in [-0.15, -0.1) is 29.3 Å². The standard InChI is InChI=1S/C45H41FN3O.Pt/c1-28-20-21-47-38(22-28)31-23-30(24-33(25-31)45(5,6)7)35-14-11-15-40-42(35)48-43(36-18-17-34(46)27-41(36)50)49(40)39-19-16-32(44(2,3)4)26-37(39)29-12-9-8-10-13-29;/h8-22,24-27,50H,1-7H3;/q-1;. The third kappa shape index (κ3) is 7.05. The van der Waals surface area contributed by atoms with Crippen LogP contribution in [0, 0.1) is 18.8 Å². The zero-order valence-electron chi connectivity index (χ0n) is 30.0. The van der Waals surface area contributed by atoms with E-state index in [9.17, 15) is 9.50 Å². The number of aromatic hydroxyl groups is 1. The molecule has 0 fully saturated rings. The molecule has 0 radical (unpaired) electrons. The molecule has 2 heterocycles. The maximum Gasteiger partial charge on any atom is 0.148 e. The van der Waals surface area contributed by atoms with Crippen molar-refractivity contribution in [1.82, 2.24) is 14.5 Å². The van der Waals surface area contributed by atoms with Gasteiger partial charge in [-0.2, -0.15) is 0 Å². The molecule has 0 aliphatic carbocycles. The molecular weight excluding hydrogens is 813 g/mol. The third-order valence-electron chi connectivity index (χ3n) is 9.29. The molecule has 0 saturated carbocycles. The van der Waals surface area contributed by atoms with E-state index in [1.165, 1.54) is 11.6 Å². The zero-order valence-corrected chi connectivity index (χ0v) is 32.2. The van der Waals surface area contributed by atoms with Crippen molar-refractivity contribution < 1.29 is 30.6 Å². The number of para-hydroxylation sites is 1. The number of hydrogen-bond donors (Lipinski definition) is 1. The predicted octanol–water partition coefficient (Wildman–Crippen LogP) is 11.6. The molecule has 6 heteroatoms. The van der Waals surface area contributed by atoms with E-state index in [2.05, 4.69) is 120 Å². The predicted molar refractivity (Wildman–Crippen MR) is 203 cm³/mol. The molecule has 4 nitrogen and oxygen atoms in total. The summed E-state index contributed by atoms with van der Waals surface area (Å²) in [5.74, 6) is -0.178. The number of aromatic nitrogens is 3. The monoisotopic (exact) mass is 853 g/mol. The Bertz CT molecular complexity index is 2380. The second-order valence-electron chi connectivity index (χ2n) is 15.1. The minimum Gasteiger partial charge on any atom is -0.507 e. The first kappa shape index (κ1) is 35.9. The van der Waals surface area contributed by atoms with Gasteiger partial charge in [-0.05, 0) is 65.3 Å². The van der Waals surface area contributed by atoms with Gasteiger partial charge in [-0.1, -0.05) is 113 Å². The van der Waals surface area contributed by atoms with Crippen molar-refractivity contribution in [3.05, 3.63) is 144 Å². The number of fused-ring (bicyclic) bond motifs is 1. The largest absolute Gasteiger partial charge is 0.507 e. The average molecular weight is 854 g/mol. The van der Waals surface area contributed by atoms with Crippen LogP contribution >= 0.6 is 0 Å². The Morgan fingerprint density at radius 1 is 0.686 bits per heavy atom. The molecule has 0 amide bonds. The molecule has 7 aromatic rings. The van der Waals surface area contributed by atoms with E-state index in [-0.39, 0.29) is 37.6 Å². The van der Waals surface area contributed by atoms with Gasteiger partial charge in [-0.25, -0.2) is 9.37 Å². The van der Waals surface area contributed by atoms with Gasteiger partial charge < -0.3 is 5.11 Å². The van der Waals surface area contributed by atoms with Crippen LogP contribution in [0.3, 0.4) is 0 Å². The second kappa shape index (κ2) is 13.7. The topological polar surface area (TPSA) is 50.9 Å². The van der Waals surface area contributed by atoms with Gasteiger partial charge in [-0.3, -0.25) is 9.55 Å². The fraction of sp³-hybridized carbons (Fsp3) is 0.200. The maximum atomic E-state index is 14.4. The van der Waals surface area contributed by atoms with Crippen LogP contribution in [0.15, 0.2) is 115 Å². The quantitative estimate of drug-likeness (QED) is 0.176. The molecule has 0 aliphatic heterocycles. The molecule has 51 heavy (non-hydrogen) atoms. The Morgan fingerprint density at radius 2 is 1.41 bits per heavy atom. The number of phenols is 1. The number of benzene rings is 5. The van der Waals surface area contributed by atoms with E-state index < -0.39 is 5.82 Å². The molecule has 2 aromatic heterocycles. The Kier molecular flexibility index (Phi) is 9.65. The second-order valence-corrected chi connectivity index (χ2v) is 15.1. The van der Waals surface area contributed by atoms with Gasteiger partial charge in [0, 0.05) is 44.6 Å². The Balaban J connectivity index is 0.00000448. The van der Waals surface area contributed by atoms with Crippen LogP contribution in [-0.2, 0) is 31.9 Å². The Hall–Kier alpha value is -4.86. The summed E-state index contributed by atoms with van der Waals surface area (Å²) in [5, 5.41) is 11.2. The van der Waals surface area contributed by atoms with E-state index in [4.69, 9.17) is 9.97 Å². The normalized spacial score (nSPS) is 11.8. The summed E-state index contributed by atoms with van der Waals surface area (Å²) >= 11 is 0. The molecule has 1 N–H and O–H groups in total. The summed E-state index contributed by atoms with van der Waals surface area (Å²) < 4.78 is 16.5. The molecule has 0 spiro atoms. The first-order chi connectivity index (χ1) is 23.8. The van der Waals surface area contributed by atoms with Crippen LogP contribution in [-0.4, -0.2) is 19.6 Å². The minimum absolute atomic E-state index is 0. The summed E-state index contributed by atoms with van der Waals surface area (Å²) in [4.78, 5) is 9.98. The van der Waals surface area contributed by atoms with Crippen LogP contribution in [0.5, 0.6) is 5.75 Å². The minimum atomic E-state index is -0.514. The molecule has 7 rings (SSSR count).